The van der Waals surface area contributed by atoms with E-state index in [1.54, 1.807) is 10.8 Å². The van der Waals surface area contributed by atoms with E-state index in [-0.39, 0.29) is 11.7 Å². The number of hydrogen-bond acceptors (Lipinski definition) is 4. The third-order valence-corrected chi connectivity index (χ3v) is 5.34. The molecule has 5 nitrogen and oxygen atoms in total. The summed E-state index contributed by atoms with van der Waals surface area (Å²) < 4.78 is 7.79. The minimum absolute atomic E-state index is 0.101. The maximum absolute atomic E-state index is 12.7. The summed E-state index contributed by atoms with van der Waals surface area (Å²) in [4.78, 5) is 19.2. The van der Waals surface area contributed by atoms with Crippen molar-refractivity contribution in [1.82, 2.24) is 14.5 Å². The van der Waals surface area contributed by atoms with Crippen molar-refractivity contribution in [3.8, 4) is 0 Å². The Labute approximate surface area is 159 Å². The van der Waals surface area contributed by atoms with Gasteiger partial charge in [0, 0.05) is 44.6 Å². The molecule has 0 atom stereocenters. The zero-order valence-electron chi connectivity index (χ0n) is 15.7. The fourth-order valence-electron chi connectivity index (χ4n) is 3.78. The lowest BCUT2D eigenvalue weighted by Gasteiger charge is -2.31. The number of para-hydroxylation sites is 1. The van der Waals surface area contributed by atoms with Gasteiger partial charge in [0.15, 0.2) is 0 Å². The van der Waals surface area contributed by atoms with Crippen LogP contribution in [0.1, 0.15) is 24.0 Å². The highest BCUT2D eigenvalue weighted by molar-refractivity contribution is 5.79. The Bertz CT molecular complexity index is 960. The molecule has 1 fully saturated rings. The first-order chi connectivity index (χ1) is 13.2. The summed E-state index contributed by atoms with van der Waals surface area (Å²) >= 11 is 0. The maximum Gasteiger partial charge on any atom is 0.255 e. The van der Waals surface area contributed by atoms with Crippen LogP contribution in [0.3, 0.4) is 0 Å². The number of likely N-dealkylation sites (tertiary alicyclic amines) is 1. The summed E-state index contributed by atoms with van der Waals surface area (Å²) in [5, 5.41) is 1.12. The highest BCUT2D eigenvalue weighted by atomic mass is 16.5. The third kappa shape index (κ3) is 4.10. The predicted octanol–water partition coefficient (Wildman–Crippen LogP) is 3.11. The van der Waals surface area contributed by atoms with Crippen LogP contribution in [0.2, 0.25) is 0 Å². The van der Waals surface area contributed by atoms with Crippen molar-refractivity contribution in [2.24, 2.45) is 7.05 Å². The second kappa shape index (κ2) is 8.03. The second-order valence-electron chi connectivity index (χ2n) is 7.24. The van der Waals surface area contributed by atoms with Crippen LogP contribution in [0.25, 0.3) is 10.9 Å². The van der Waals surface area contributed by atoms with Gasteiger partial charge >= 0.3 is 0 Å². The van der Waals surface area contributed by atoms with Crippen molar-refractivity contribution in [3.05, 3.63) is 76.3 Å². The molecule has 0 spiro atoms. The Hall–Kier alpha value is -2.50. The van der Waals surface area contributed by atoms with Gasteiger partial charge in [-0.2, -0.15) is 0 Å². The number of pyridine rings is 2. The van der Waals surface area contributed by atoms with Gasteiger partial charge in [0.05, 0.1) is 18.2 Å². The van der Waals surface area contributed by atoms with E-state index in [0.717, 1.165) is 48.0 Å². The van der Waals surface area contributed by atoms with Crippen molar-refractivity contribution in [2.45, 2.75) is 32.1 Å². The Morgan fingerprint density at radius 2 is 1.96 bits per heavy atom. The van der Waals surface area contributed by atoms with Gasteiger partial charge in [0.1, 0.15) is 0 Å². The van der Waals surface area contributed by atoms with E-state index in [1.807, 2.05) is 49.6 Å². The van der Waals surface area contributed by atoms with E-state index in [1.165, 1.54) is 0 Å². The van der Waals surface area contributed by atoms with E-state index < -0.39 is 0 Å². The van der Waals surface area contributed by atoms with Gasteiger partial charge in [-0.15, -0.1) is 0 Å². The molecule has 0 aliphatic carbocycles. The third-order valence-electron chi connectivity index (χ3n) is 5.34. The molecule has 1 saturated heterocycles. The van der Waals surface area contributed by atoms with Crippen LogP contribution in [0.4, 0.5) is 0 Å². The molecule has 27 heavy (non-hydrogen) atoms. The molecule has 140 valence electrons. The number of piperidine rings is 1. The lowest BCUT2D eigenvalue weighted by atomic mass is 10.1. The lowest BCUT2D eigenvalue weighted by Crippen LogP contribution is -2.38. The number of ether oxygens (including phenoxy) is 1. The molecular formula is C22H25N3O2. The maximum atomic E-state index is 12.7. The van der Waals surface area contributed by atoms with E-state index in [0.29, 0.717) is 13.2 Å². The molecule has 3 aromatic rings. The zero-order chi connectivity index (χ0) is 18.6. The molecule has 1 aliphatic rings. The van der Waals surface area contributed by atoms with Gasteiger partial charge in [-0.25, -0.2) is 0 Å². The van der Waals surface area contributed by atoms with Crippen LogP contribution in [-0.2, 0) is 24.9 Å². The Morgan fingerprint density at radius 1 is 1.15 bits per heavy atom. The lowest BCUT2D eigenvalue weighted by molar-refractivity contribution is -0.00410. The van der Waals surface area contributed by atoms with E-state index in [9.17, 15) is 4.79 Å². The topological polar surface area (TPSA) is 47.4 Å². The van der Waals surface area contributed by atoms with Crippen LogP contribution in [0.5, 0.6) is 0 Å². The summed E-state index contributed by atoms with van der Waals surface area (Å²) in [6, 6.07) is 14.1. The van der Waals surface area contributed by atoms with Crippen LogP contribution in [-0.4, -0.2) is 33.6 Å². The summed E-state index contributed by atoms with van der Waals surface area (Å²) in [5.74, 6) is 0. The summed E-state index contributed by atoms with van der Waals surface area (Å²) in [6.07, 6.45) is 5.90. The van der Waals surface area contributed by atoms with Crippen molar-refractivity contribution in [2.75, 3.05) is 13.1 Å². The predicted molar refractivity (Wildman–Crippen MR) is 107 cm³/mol. The smallest absolute Gasteiger partial charge is 0.255 e. The molecule has 1 aliphatic heterocycles. The molecule has 1 aromatic carbocycles. The SMILES string of the molecule is Cn1c(=O)c(CN2CCC(OCc3cccnc3)CC2)cc2ccccc21. The number of benzene rings is 1. The monoisotopic (exact) mass is 363 g/mol. The minimum Gasteiger partial charge on any atom is -0.373 e. The minimum atomic E-state index is 0.101. The van der Waals surface area contributed by atoms with E-state index in [2.05, 4.69) is 16.0 Å². The molecule has 0 bridgehead atoms. The first-order valence-corrected chi connectivity index (χ1v) is 9.51. The van der Waals surface area contributed by atoms with Gasteiger partial charge in [0.25, 0.3) is 5.56 Å². The number of fused-ring (bicyclic) bond motifs is 1. The molecule has 4 rings (SSSR count). The standard InChI is InChI=1S/C22H25N3O2/c1-24-21-7-3-2-6-18(21)13-19(22(24)26)15-25-11-8-20(9-12-25)27-16-17-5-4-10-23-14-17/h2-7,10,13-14,20H,8-9,11-12,15-16H2,1H3. The van der Waals surface area contributed by atoms with Crippen LogP contribution < -0.4 is 5.56 Å². The quantitative estimate of drug-likeness (QED) is 0.699. The Kier molecular flexibility index (Phi) is 5.32. The summed E-state index contributed by atoms with van der Waals surface area (Å²) in [5.41, 5.74) is 3.06. The number of aromatic nitrogens is 2. The molecule has 0 N–H and O–H groups in total. The molecule has 0 radical (unpaired) electrons. The Balaban J connectivity index is 1.36. The first-order valence-electron chi connectivity index (χ1n) is 9.51. The number of hydrogen-bond donors (Lipinski definition) is 0. The fraction of sp³-hybridized carbons (Fsp3) is 0.364. The molecular weight excluding hydrogens is 338 g/mol. The normalized spacial score (nSPS) is 16.0. The number of nitrogens with zero attached hydrogens (tertiary/aromatic N) is 3. The van der Waals surface area contributed by atoms with E-state index in [4.69, 9.17) is 4.74 Å². The fourth-order valence-corrected chi connectivity index (χ4v) is 3.78. The van der Waals surface area contributed by atoms with Crippen LogP contribution in [0, 0.1) is 0 Å². The van der Waals surface area contributed by atoms with Gasteiger partial charge < -0.3 is 9.30 Å². The van der Waals surface area contributed by atoms with Crippen LogP contribution >= 0.6 is 0 Å². The first kappa shape index (κ1) is 17.9. The molecule has 0 unspecified atom stereocenters. The molecule has 0 saturated carbocycles. The number of rotatable bonds is 5. The van der Waals surface area contributed by atoms with Gasteiger partial charge in [-0.05, 0) is 42.0 Å². The molecule has 5 heteroatoms. The summed E-state index contributed by atoms with van der Waals surface area (Å²) in [6.45, 7) is 3.22. The van der Waals surface area contributed by atoms with Crippen LogP contribution in [0.15, 0.2) is 59.7 Å². The second-order valence-corrected chi connectivity index (χ2v) is 7.24. The highest BCUT2D eigenvalue weighted by Crippen LogP contribution is 2.18. The average Bonchev–Trinajstić information content (AvgIpc) is 2.72. The summed E-state index contributed by atoms with van der Waals surface area (Å²) in [7, 11) is 1.85. The van der Waals surface area contributed by atoms with Crippen molar-refractivity contribution in [1.29, 1.82) is 0 Å². The highest BCUT2D eigenvalue weighted by Gasteiger charge is 2.21. The number of aryl methyl sites for hydroxylation is 1. The average molecular weight is 363 g/mol. The molecule has 2 aromatic heterocycles. The van der Waals surface area contributed by atoms with Gasteiger partial charge in [-0.1, -0.05) is 24.3 Å². The van der Waals surface area contributed by atoms with Gasteiger partial charge in [-0.3, -0.25) is 14.7 Å². The van der Waals surface area contributed by atoms with Crippen molar-refractivity contribution in [3.63, 3.8) is 0 Å². The van der Waals surface area contributed by atoms with Gasteiger partial charge in [0.2, 0.25) is 0 Å². The Morgan fingerprint density at radius 3 is 2.74 bits per heavy atom. The van der Waals surface area contributed by atoms with Crippen molar-refractivity contribution >= 4 is 10.9 Å². The largest absolute Gasteiger partial charge is 0.373 e. The van der Waals surface area contributed by atoms with Crippen molar-refractivity contribution < 1.29 is 4.74 Å². The molecule has 3 heterocycles. The zero-order valence-corrected chi connectivity index (χ0v) is 15.7. The molecule has 0 amide bonds. The van der Waals surface area contributed by atoms with E-state index >= 15 is 0 Å².